The van der Waals surface area contributed by atoms with E-state index in [-0.39, 0.29) is 0 Å². The number of nitrogens with two attached hydrogens (primary N) is 1. The largest absolute Gasteiger partial charge is 0.389 e. The molecule has 0 spiro atoms. The van der Waals surface area contributed by atoms with E-state index in [4.69, 9.17) is 18.0 Å². The lowest BCUT2D eigenvalue weighted by Crippen LogP contribution is -2.09. The van der Waals surface area contributed by atoms with E-state index in [1.807, 2.05) is 12.1 Å². The molecule has 0 bridgehead atoms. The smallest absolute Gasteiger partial charge is 0.103 e. The average Bonchev–Trinajstić information content (AvgIpc) is 2.19. The van der Waals surface area contributed by atoms with Crippen LogP contribution in [0.25, 0.3) is 0 Å². The molecule has 0 aliphatic carbocycles. The summed E-state index contributed by atoms with van der Waals surface area (Å²) in [6.45, 7) is 2.21. The third-order valence-electron chi connectivity index (χ3n) is 2.28. The van der Waals surface area contributed by atoms with E-state index in [1.54, 1.807) is 0 Å². The molecule has 14 heavy (non-hydrogen) atoms. The van der Waals surface area contributed by atoms with Gasteiger partial charge in [0, 0.05) is 5.56 Å². The lowest BCUT2D eigenvalue weighted by atomic mass is 10.0. The standard InChI is InChI=1S/C12H17NS/c1-2-3-4-6-10-7-5-8-11(9-10)12(13)14/h5,7-9H,2-4,6H2,1H3,(H2,13,14). The Morgan fingerprint density at radius 2 is 2.14 bits per heavy atom. The van der Waals surface area contributed by atoms with Crippen LogP contribution < -0.4 is 5.73 Å². The second-order valence-electron chi connectivity index (χ2n) is 3.52. The molecule has 0 saturated heterocycles. The van der Waals surface area contributed by atoms with Crippen molar-refractivity contribution in [1.29, 1.82) is 0 Å². The van der Waals surface area contributed by atoms with Crippen molar-refractivity contribution in [2.45, 2.75) is 32.6 Å². The van der Waals surface area contributed by atoms with E-state index in [1.165, 1.54) is 24.8 Å². The molecule has 1 aromatic rings. The van der Waals surface area contributed by atoms with Gasteiger partial charge in [-0.25, -0.2) is 0 Å². The van der Waals surface area contributed by atoms with Gasteiger partial charge in [0.15, 0.2) is 0 Å². The molecule has 0 unspecified atom stereocenters. The van der Waals surface area contributed by atoms with E-state index >= 15 is 0 Å². The normalized spacial score (nSPS) is 10.1. The van der Waals surface area contributed by atoms with E-state index < -0.39 is 0 Å². The predicted octanol–water partition coefficient (Wildman–Crippen LogP) is 3.05. The van der Waals surface area contributed by atoms with Gasteiger partial charge in [0.05, 0.1) is 0 Å². The number of rotatable bonds is 5. The Bertz CT molecular complexity index is 307. The van der Waals surface area contributed by atoms with E-state index in [0.717, 1.165) is 12.0 Å². The SMILES string of the molecule is CCCCCc1cccc(C(N)=S)c1. The fraction of sp³-hybridized carbons (Fsp3) is 0.417. The van der Waals surface area contributed by atoms with Gasteiger partial charge in [-0.2, -0.15) is 0 Å². The molecule has 0 heterocycles. The third kappa shape index (κ3) is 3.46. The summed E-state index contributed by atoms with van der Waals surface area (Å²) < 4.78 is 0. The number of unbranched alkanes of at least 4 members (excludes halogenated alkanes) is 2. The van der Waals surface area contributed by atoms with Crippen LogP contribution in [0.15, 0.2) is 24.3 Å². The Kier molecular flexibility index (Phi) is 4.60. The zero-order valence-electron chi connectivity index (χ0n) is 8.62. The average molecular weight is 207 g/mol. The summed E-state index contributed by atoms with van der Waals surface area (Å²) in [4.78, 5) is 0.488. The molecule has 0 atom stereocenters. The lowest BCUT2D eigenvalue weighted by molar-refractivity contribution is 0.717. The zero-order chi connectivity index (χ0) is 10.4. The minimum atomic E-state index is 0.488. The summed E-state index contributed by atoms with van der Waals surface area (Å²) in [6, 6.07) is 8.22. The van der Waals surface area contributed by atoms with Gasteiger partial charge in [-0.05, 0) is 24.5 Å². The van der Waals surface area contributed by atoms with Gasteiger partial charge in [-0.1, -0.05) is 50.2 Å². The fourth-order valence-corrected chi connectivity index (χ4v) is 1.59. The van der Waals surface area contributed by atoms with Crippen LogP contribution in [0.2, 0.25) is 0 Å². The number of hydrogen-bond donors (Lipinski definition) is 1. The summed E-state index contributed by atoms with van der Waals surface area (Å²) >= 11 is 4.93. The first-order chi connectivity index (χ1) is 6.74. The molecule has 0 fully saturated rings. The molecule has 76 valence electrons. The Labute approximate surface area is 91.3 Å². The summed E-state index contributed by atoms with van der Waals surface area (Å²) in [5.41, 5.74) is 7.89. The quantitative estimate of drug-likeness (QED) is 0.593. The highest BCUT2D eigenvalue weighted by Gasteiger charge is 1.97. The van der Waals surface area contributed by atoms with Crippen molar-refractivity contribution < 1.29 is 0 Å². The maximum atomic E-state index is 5.57. The van der Waals surface area contributed by atoms with Crippen LogP contribution in [0.1, 0.15) is 37.3 Å². The van der Waals surface area contributed by atoms with Crippen LogP contribution in [0.4, 0.5) is 0 Å². The molecule has 0 aromatic heterocycles. The molecule has 2 N–H and O–H groups in total. The molecule has 0 radical (unpaired) electrons. The minimum absolute atomic E-state index is 0.488. The molecule has 0 aliphatic heterocycles. The highest BCUT2D eigenvalue weighted by molar-refractivity contribution is 7.80. The maximum absolute atomic E-state index is 5.57. The van der Waals surface area contributed by atoms with Crippen molar-refractivity contribution in [3.8, 4) is 0 Å². The Morgan fingerprint density at radius 3 is 2.79 bits per heavy atom. The molecular formula is C12H17NS. The van der Waals surface area contributed by atoms with Crippen LogP contribution in [-0.4, -0.2) is 4.99 Å². The Hall–Kier alpha value is -0.890. The summed E-state index contributed by atoms with van der Waals surface area (Å²) in [7, 11) is 0. The lowest BCUT2D eigenvalue weighted by Gasteiger charge is -2.03. The first-order valence-corrected chi connectivity index (χ1v) is 5.53. The summed E-state index contributed by atoms with van der Waals surface area (Å²) in [5, 5.41) is 0. The predicted molar refractivity (Wildman–Crippen MR) is 65.6 cm³/mol. The molecule has 1 aromatic carbocycles. The number of benzene rings is 1. The first-order valence-electron chi connectivity index (χ1n) is 5.12. The van der Waals surface area contributed by atoms with Crippen molar-refractivity contribution in [1.82, 2.24) is 0 Å². The maximum Gasteiger partial charge on any atom is 0.103 e. The topological polar surface area (TPSA) is 26.0 Å². The molecule has 2 heteroatoms. The van der Waals surface area contributed by atoms with E-state index in [2.05, 4.69) is 19.1 Å². The molecular weight excluding hydrogens is 190 g/mol. The number of aryl methyl sites for hydroxylation is 1. The van der Waals surface area contributed by atoms with Gasteiger partial charge in [0.2, 0.25) is 0 Å². The van der Waals surface area contributed by atoms with Crippen LogP contribution in [-0.2, 0) is 6.42 Å². The second kappa shape index (κ2) is 5.76. The van der Waals surface area contributed by atoms with Gasteiger partial charge in [-0.3, -0.25) is 0 Å². The minimum Gasteiger partial charge on any atom is -0.389 e. The van der Waals surface area contributed by atoms with Gasteiger partial charge < -0.3 is 5.73 Å². The van der Waals surface area contributed by atoms with Gasteiger partial charge in [0.1, 0.15) is 4.99 Å². The highest BCUT2D eigenvalue weighted by Crippen LogP contribution is 2.09. The molecule has 1 nitrogen and oxygen atoms in total. The molecule has 0 aliphatic rings. The van der Waals surface area contributed by atoms with Gasteiger partial charge in [-0.15, -0.1) is 0 Å². The first kappa shape index (κ1) is 11.2. The number of thiocarbonyl (C=S) groups is 1. The van der Waals surface area contributed by atoms with Crippen LogP contribution in [0.3, 0.4) is 0 Å². The summed E-state index contributed by atoms with van der Waals surface area (Å²) in [6.07, 6.45) is 4.92. The van der Waals surface area contributed by atoms with Crippen molar-refractivity contribution >= 4 is 17.2 Å². The van der Waals surface area contributed by atoms with Crippen molar-refractivity contribution in [2.75, 3.05) is 0 Å². The fourth-order valence-electron chi connectivity index (χ4n) is 1.46. The molecule has 0 amide bonds. The Morgan fingerprint density at radius 1 is 1.36 bits per heavy atom. The van der Waals surface area contributed by atoms with E-state index in [0.29, 0.717) is 4.99 Å². The Balaban J connectivity index is 2.59. The van der Waals surface area contributed by atoms with Gasteiger partial charge >= 0.3 is 0 Å². The second-order valence-corrected chi connectivity index (χ2v) is 3.96. The third-order valence-corrected chi connectivity index (χ3v) is 2.52. The monoisotopic (exact) mass is 207 g/mol. The van der Waals surface area contributed by atoms with Crippen LogP contribution in [0.5, 0.6) is 0 Å². The molecule has 1 rings (SSSR count). The van der Waals surface area contributed by atoms with Crippen molar-refractivity contribution in [3.63, 3.8) is 0 Å². The molecule has 0 saturated carbocycles. The highest BCUT2D eigenvalue weighted by atomic mass is 32.1. The van der Waals surface area contributed by atoms with Crippen molar-refractivity contribution in [2.24, 2.45) is 5.73 Å². The summed E-state index contributed by atoms with van der Waals surface area (Å²) in [5.74, 6) is 0. The van der Waals surface area contributed by atoms with Crippen LogP contribution >= 0.6 is 12.2 Å². The van der Waals surface area contributed by atoms with Gasteiger partial charge in [0.25, 0.3) is 0 Å². The zero-order valence-corrected chi connectivity index (χ0v) is 9.44. The van der Waals surface area contributed by atoms with E-state index in [9.17, 15) is 0 Å². The van der Waals surface area contributed by atoms with Crippen LogP contribution in [0, 0.1) is 0 Å². The number of hydrogen-bond acceptors (Lipinski definition) is 1. The van der Waals surface area contributed by atoms with Crippen molar-refractivity contribution in [3.05, 3.63) is 35.4 Å².